The van der Waals surface area contributed by atoms with Gasteiger partial charge in [0.2, 0.25) is 5.91 Å². The smallest absolute Gasteiger partial charge is 0.226 e. The third-order valence-corrected chi connectivity index (χ3v) is 4.93. The summed E-state index contributed by atoms with van der Waals surface area (Å²) in [6.07, 6.45) is 2.79. The molecule has 120 valence electrons. The molecule has 1 aromatic carbocycles. The molecule has 0 unspecified atom stereocenters. The van der Waals surface area contributed by atoms with Crippen LogP contribution in [-0.4, -0.2) is 22.5 Å². The summed E-state index contributed by atoms with van der Waals surface area (Å²) < 4.78 is 18.2. The van der Waals surface area contributed by atoms with Gasteiger partial charge in [-0.1, -0.05) is 17.3 Å². The number of rotatable bonds is 3. The highest BCUT2D eigenvalue weighted by Crippen LogP contribution is 2.50. The predicted molar refractivity (Wildman–Crippen MR) is 82.2 cm³/mol. The van der Waals surface area contributed by atoms with Gasteiger partial charge >= 0.3 is 0 Å². The molecule has 1 aliphatic heterocycles. The molecule has 0 radical (unpaired) electrons. The first kappa shape index (κ1) is 14.4. The molecule has 2 aromatic rings. The number of aryl methyl sites for hydroxylation is 1. The lowest BCUT2D eigenvalue weighted by molar-refractivity contribution is -0.133. The van der Waals surface area contributed by atoms with E-state index in [0.717, 1.165) is 42.8 Å². The van der Waals surface area contributed by atoms with E-state index >= 15 is 0 Å². The Labute approximate surface area is 134 Å². The van der Waals surface area contributed by atoms with E-state index in [1.807, 2.05) is 17.9 Å². The summed E-state index contributed by atoms with van der Waals surface area (Å²) in [6.45, 7) is 2.64. The minimum Gasteiger partial charge on any atom is -0.361 e. The van der Waals surface area contributed by atoms with Gasteiger partial charge in [0.15, 0.2) is 0 Å². The first-order valence-corrected chi connectivity index (χ1v) is 8.12. The van der Waals surface area contributed by atoms with Gasteiger partial charge in [0.05, 0.1) is 6.04 Å². The van der Waals surface area contributed by atoms with Crippen LogP contribution >= 0.6 is 0 Å². The summed E-state index contributed by atoms with van der Waals surface area (Å²) in [7, 11) is 0. The lowest BCUT2D eigenvalue weighted by Crippen LogP contribution is -2.32. The van der Waals surface area contributed by atoms with Crippen LogP contribution in [0.25, 0.3) is 0 Å². The van der Waals surface area contributed by atoms with Crippen molar-refractivity contribution in [1.29, 1.82) is 0 Å². The maximum absolute atomic E-state index is 13.0. The summed E-state index contributed by atoms with van der Waals surface area (Å²) in [5, 5.41) is 4.09. The highest BCUT2D eigenvalue weighted by atomic mass is 19.1. The summed E-state index contributed by atoms with van der Waals surface area (Å²) in [5.41, 5.74) is 1.91. The minimum atomic E-state index is -0.238. The van der Waals surface area contributed by atoms with E-state index in [2.05, 4.69) is 5.16 Å². The number of nitrogens with zero attached hydrogens (tertiary/aromatic N) is 2. The molecule has 4 nitrogen and oxygen atoms in total. The molecule has 2 heterocycles. The predicted octanol–water partition coefficient (Wildman–Crippen LogP) is 3.59. The van der Waals surface area contributed by atoms with Crippen molar-refractivity contribution in [2.45, 2.75) is 38.1 Å². The van der Waals surface area contributed by atoms with Gasteiger partial charge in [0.25, 0.3) is 0 Å². The topological polar surface area (TPSA) is 46.3 Å². The number of carbonyl (C=O) groups is 1. The van der Waals surface area contributed by atoms with Crippen molar-refractivity contribution < 1.29 is 13.7 Å². The molecule has 1 aliphatic carbocycles. The summed E-state index contributed by atoms with van der Waals surface area (Å²) >= 11 is 0. The van der Waals surface area contributed by atoms with Crippen LogP contribution in [0.4, 0.5) is 4.39 Å². The number of amides is 1. The number of carbonyl (C=O) groups excluding carboxylic acids is 1. The van der Waals surface area contributed by atoms with Crippen molar-refractivity contribution in [3.05, 3.63) is 53.2 Å². The van der Waals surface area contributed by atoms with Gasteiger partial charge in [-0.25, -0.2) is 4.39 Å². The van der Waals surface area contributed by atoms with Gasteiger partial charge in [-0.15, -0.1) is 0 Å². The Morgan fingerprint density at radius 3 is 2.83 bits per heavy atom. The van der Waals surface area contributed by atoms with Crippen molar-refractivity contribution in [3.8, 4) is 0 Å². The number of halogens is 1. The molecule has 0 N–H and O–H groups in total. The lowest BCUT2D eigenvalue weighted by Gasteiger charge is -2.23. The number of benzene rings is 1. The molecule has 1 amide bonds. The van der Waals surface area contributed by atoms with Gasteiger partial charge in [-0.2, -0.15) is 0 Å². The summed E-state index contributed by atoms with van der Waals surface area (Å²) in [6, 6.07) is 8.46. The normalized spacial score (nSPS) is 26.5. The second-order valence-electron chi connectivity index (χ2n) is 6.55. The molecule has 0 bridgehead atoms. The Morgan fingerprint density at radius 1 is 1.35 bits per heavy atom. The van der Waals surface area contributed by atoms with Crippen LogP contribution in [0.5, 0.6) is 0 Å². The first-order valence-electron chi connectivity index (χ1n) is 8.12. The van der Waals surface area contributed by atoms with E-state index in [9.17, 15) is 9.18 Å². The van der Waals surface area contributed by atoms with E-state index in [0.29, 0.717) is 0 Å². The minimum absolute atomic E-state index is 0.0223. The highest BCUT2D eigenvalue weighted by molar-refractivity contribution is 5.83. The fourth-order valence-electron chi connectivity index (χ4n) is 3.64. The first-order chi connectivity index (χ1) is 11.1. The van der Waals surface area contributed by atoms with Crippen molar-refractivity contribution in [1.82, 2.24) is 10.1 Å². The number of likely N-dealkylation sites (tertiary alicyclic amines) is 1. The third kappa shape index (κ3) is 2.64. The summed E-state index contributed by atoms with van der Waals surface area (Å²) in [4.78, 5) is 14.8. The maximum Gasteiger partial charge on any atom is 0.226 e. The van der Waals surface area contributed by atoms with Crippen LogP contribution < -0.4 is 0 Å². The SMILES string of the molecule is Cc1cc([C@@H]2CCCN2C(=O)[C@H]2C[C@H]2c2ccc(F)cc2)no1. The second-order valence-corrected chi connectivity index (χ2v) is 6.55. The Balaban J connectivity index is 1.48. The lowest BCUT2D eigenvalue weighted by atomic mass is 10.1. The van der Waals surface area contributed by atoms with Crippen LogP contribution in [0.2, 0.25) is 0 Å². The van der Waals surface area contributed by atoms with E-state index in [4.69, 9.17) is 4.52 Å². The van der Waals surface area contributed by atoms with Crippen LogP contribution in [0.1, 0.15) is 48.2 Å². The quantitative estimate of drug-likeness (QED) is 0.870. The van der Waals surface area contributed by atoms with Crippen LogP contribution in [-0.2, 0) is 4.79 Å². The van der Waals surface area contributed by atoms with E-state index in [-0.39, 0.29) is 29.6 Å². The van der Waals surface area contributed by atoms with E-state index in [1.54, 1.807) is 12.1 Å². The molecule has 23 heavy (non-hydrogen) atoms. The zero-order chi connectivity index (χ0) is 16.0. The van der Waals surface area contributed by atoms with Crippen molar-refractivity contribution in [2.75, 3.05) is 6.54 Å². The highest BCUT2D eigenvalue weighted by Gasteiger charge is 2.48. The van der Waals surface area contributed by atoms with Crippen molar-refractivity contribution in [3.63, 3.8) is 0 Å². The molecular weight excluding hydrogens is 295 g/mol. The van der Waals surface area contributed by atoms with E-state index < -0.39 is 0 Å². The van der Waals surface area contributed by atoms with E-state index in [1.165, 1.54) is 12.1 Å². The summed E-state index contributed by atoms with van der Waals surface area (Å²) in [5.74, 6) is 0.980. The Hall–Kier alpha value is -2.17. The molecule has 5 heteroatoms. The zero-order valence-electron chi connectivity index (χ0n) is 13.0. The molecule has 1 saturated heterocycles. The fourth-order valence-corrected chi connectivity index (χ4v) is 3.64. The van der Waals surface area contributed by atoms with Gasteiger partial charge in [-0.3, -0.25) is 4.79 Å². The molecule has 4 rings (SSSR count). The van der Waals surface area contributed by atoms with Crippen LogP contribution in [0.15, 0.2) is 34.9 Å². The Bertz CT molecular complexity index is 725. The molecule has 2 aliphatic rings. The maximum atomic E-state index is 13.0. The van der Waals surface area contributed by atoms with Gasteiger partial charge in [0.1, 0.15) is 17.3 Å². The molecule has 1 aromatic heterocycles. The number of hydrogen-bond acceptors (Lipinski definition) is 3. The molecule has 3 atom stereocenters. The number of hydrogen-bond donors (Lipinski definition) is 0. The van der Waals surface area contributed by atoms with Crippen LogP contribution in [0.3, 0.4) is 0 Å². The average molecular weight is 314 g/mol. The van der Waals surface area contributed by atoms with Gasteiger partial charge in [0, 0.05) is 18.5 Å². The van der Waals surface area contributed by atoms with Gasteiger partial charge < -0.3 is 9.42 Å². The zero-order valence-corrected chi connectivity index (χ0v) is 13.0. The molecule has 2 fully saturated rings. The van der Waals surface area contributed by atoms with Crippen LogP contribution in [0, 0.1) is 18.7 Å². The van der Waals surface area contributed by atoms with Gasteiger partial charge in [-0.05, 0) is 49.8 Å². The van der Waals surface area contributed by atoms with Crippen molar-refractivity contribution in [2.24, 2.45) is 5.92 Å². The largest absolute Gasteiger partial charge is 0.361 e. The Morgan fingerprint density at radius 2 is 2.13 bits per heavy atom. The molecular formula is C18H19FN2O2. The average Bonchev–Trinajstić information content (AvgIpc) is 2.98. The molecule has 1 saturated carbocycles. The fraction of sp³-hybridized carbons (Fsp3) is 0.444. The third-order valence-electron chi connectivity index (χ3n) is 4.93. The monoisotopic (exact) mass is 314 g/mol. The standard InChI is InChI=1S/C18H19FN2O2/c1-11-9-16(20-23-11)17-3-2-8-21(17)18(22)15-10-14(15)12-4-6-13(19)7-5-12/h4-7,9,14-15,17H,2-3,8,10H2,1H3/t14-,15-,17-/m0/s1. The number of aromatic nitrogens is 1. The second kappa shape index (κ2) is 5.48. The molecule has 0 spiro atoms. The Kier molecular flexibility index (Phi) is 3.43. The van der Waals surface area contributed by atoms with Crippen molar-refractivity contribution >= 4 is 5.91 Å².